The average Bonchev–Trinajstić information content (AvgIpc) is 1.43. The van der Waals surface area contributed by atoms with Gasteiger partial charge in [-0.25, -0.2) is 0 Å². The molecule has 0 amide bonds. The smallest absolute Gasteiger partial charge is 0.252 e. The van der Waals surface area contributed by atoms with E-state index in [0.717, 1.165) is 56.8 Å². The standard InChI is InChI=1S/C80H84BN3O/c1-48-40-61-62(80(17,18)58-27-21-20-26-57(58)79(61,15)16)46-67(48)83-65-39-34-51(76(8,9)10)41-63(65)81-64-44-59-60(78(13,14)47-77(59,11)12)45-68(64)84(66-28-23-25-56-55-24-19-22-29-71(55)85-73(56)66)70-43-54(42-69(83)72(70)81)82(52-35-30-49(31-36-52)74(2,3)4)53-37-32-50(33-38-53)75(5,6)7/h19-46H,47H2,1-18H3. The molecule has 0 N–H and O–H groups in total. The van der Waals surface area contributed by atoms with Crippen molar-refractivity contribution in [2.75, 3.05) is 14.7 Å². The minimum absolute atomic E-state index is 0.0163. The van der Waals surface area contributed by atoms with Gasteiger partial charge in [0.15, 0.2) is 5.58 Å². The van der Waals surface area contributed by atoms with Crippen molar-refractivity contribution in [1.29, 1.82) is 0 Å². The number of furan rings is 1. The molecule has 0 spiro atoms. The molecule has 0 bridgehead atoms. The first-order valence-electron chi connectivity index (χ1n) is 31.2. The van der Waals surface area contributed by atoms with Gasteiger partial charge in [-0.05, 0) is 179 Å². The fourth-order valence-corrected chi connectivity index (χ4v) is 16.0. The molecule has 1 aromatic heterocycles. The number of aryl methyl sites for hydroxylation is 1. The Kier molecular flexibility index (Phi) is 11.8. The van der Waals surface area contributed by atoms with Crippen LogP contribution in [-0.2, 0) is 37.9 Å². The third-order valence-electron chi connectivity index (χ3n) is 20.5. The summed E-state index contributed by atoms with van der Waals surface area (Å²) in [7, 11) is 0. The number of fused-ring (bicyclic) bond motifs is 10. The molecule has 9 aromatic carbocycles. The van der Waals surface area contributed by atoms with Gasteiger partial charge in [0.05, 0.1) is 11.4 Å². The highest BCUT2D eigenvalue weighted by Gasteiger charge is 2.50. The van der Waals surface area contributed by atoms with Crippen LogP contribution in [0.4, 0.5) is 51.2 Å². The number of rotatable bonds is 5. The third-order valence-corrected chi connectivity index (χ3v) is 20.5. The molecule has 0 radical (unpaired) electrons. The first-order chi connectivity index (χ1) is 39.9. The Labute approximate surface area is 507 Å². The molecule has 2 aliphatic heterocycles. The number of benzene rings is 9. The molecule has 0 saturated heterocycles. The highest BCUT2D eigenvalue weighted by molar-refractivity contribution is 7.00. The van der Waals surface area contributed by atoms with E-state index in [1.807, 2.05) is 0 Å². The maximum atomic E-state index is 7.19. The van der Waals surface area contributed by atoms with Crippen LogP contribution in [-0.4, -0.2) is 6.71 Å². The molecule has 0 fully saturated rings. The molecule has 0 atom stereocenters. The molecule has 5 heteroatoms. The molecule has 0 saturated carbocycles. The molecule has 2 aliphatic carbocycles. The van der Waals surface area contributed by atoms with Crippen molar-refractivity contribution in [3.8, 4) is 0 Å². The van der Waals surface area contributed by atoms with Gasteiger partial charge in [0.25, 0.3) is 6.71 Å². The Balaban J connectivity index is 1.15. The van der Waals surface area contributed by atoms with Gasteiger partial charge >= 0.3 is 0 Å². The topological polar surface area (TPSA) is 22.9 Å². The Morgan fingerprint density at radius 1 is 0.400 bits per heavy atom. The molecule has 10 aromatic rings. The summed E-state index contributed by atoms with van der Waals surface area (Å²) < 4.78 is 7.19. The predicted octanol–water partition coefficient (Wildman–Crippen LogP) is 20.3. The van der Waals surface area contributed by atoms with Crippen LogP contribution >= 0.6 is 0 Å². The van der Waals surface area contributed by atoms with Crippen molar-refractivity contribution in [2.24, 2.45) is 0 Å². The van der Waals surface area contributed by atoms with Crippen molar-refractivity contribution < 1.29 is 4.42 Å². The third kappa shape index (κ3) is 8.28. The van der Waals surface area contributed by atoms with Gasteiger partial charge in [-0.2, -0.15) is 0 Å². The molecular weight excluding hydrogens is 1030 g/mol. The summed E-state index contributed by atoms with van der Waals surface area (Å²) in [6.45, 7) is 42.8. The fourth-order valence-electron chi connectivity index (χ4n) is 16.0. The molecular formula is C80H84BN3O. The van der Waals surface area contributed by atoms with Crippen LogP contribution in [0.2, 0.25) is 0 Å². The summed E-state index contributed by atoms with van der Waals surface area (Å²) in [5.74, 6) is 0. The van der Waals surface area contributed by atoms with Crippen LogP contribution in [0, 0.1) is 6.92 Å². The summed E-state index contributed by atoms with van der Waals surface area (Å²) in [5, 5.41) is 2.24. The normalized spacial score (nSPS) is 16.8. The second-order valence-electron chi connectivity index (χ2n) is 31.1. The van der Waals surface area contributed by atoms with E-state index in [9.17, 15) is 0 Å². The van der Waals surface area contributed by atoms with E-state index in [1.54, 1.807) is 0 Å². The maximum absolute atomic E-state index is 7.19. The average molecular weight is 1110 g/mol. The van der Waals surface area contributed by atoms with E-state index in [-0.39, 0.29) is 44.6 Å². The number of hydrogen-bond acceptors (Lipinski definition) is 4. The summed E-state index contributed by atoms with van der Waals surface area (Å²) >= 11 is 0. The Morgan fingerprint density at radius 2 is 0.882 bits per heavy atom. The van der Waals surface area contributed by atoms with Crippen molar-refractivity contribution in [3.63, 3.8) is 0 Å². The Bertz CT molecular complexity index is 4360. The molecule has 3 heterocycles. The second-order valence-corrected chi connectivity index (χ2v) is 31.1. The van der Waals surface area contributed by atoms with Gasteiger partial charge < -0.3 is 19.1 Å². The van der Waals surface area contributed by atoms with E-state index >= 15 is 0 Å². The molecule has 428 valence electrons. The van der Waals surface area contributed by atoms with Gasteiger partial charge in [-0.3, -0.25) is 0 Å². The first kappa shape index (κ1) is 55.1. The molecule has 85 heavy (non-hydrogen) atoms. The summed E-state index contributed by atoms with van der Waals surface area (Å²) in [6.07, 6.45) is 1.06. The zero-order chi connectivity index (χ0) is 60.0. The van der Waals surface area contributed by atoms with Crippen molar-refractivity contribution in [3.05, 3.63) is 225 Å². The van der Waals surface area contributed by atoms with E-state index < -0.39 is 0 Å². The van der Waals surface area contributed by atoms with E-state index in [2.05, 4.69) is 309 Å². The van der Waals surface area contributed by atoms with Crippen molar-refractivity contribution in [2.45, 2.75) is 169 Å². The van der Waals surface area contributed by atoms with Gasteiger partial charge in [0.1, 0.15) is 5.58 Å². The molecule has 14 rings (SSSR count). The highest BCUT2D eigenvalue weighted by Crippen LogP contribution is 2.57. The molecule has 4 nitrogen and oxygen atoms in total. The minimum Gasteiger partial charge on any atom is -0.454 e. The van der Waals surface area contributed by atoms with Crippen molar-refractivity contribution >= 4 is 96.2 Å². The van der Waals surface area contributed by atoms with E-state index in [1.165, 1.54) is 94.8 Å². The number of anilines is 9. The fraction of sp³-hybridized carbons (Fsp3) is 0.325. The van der Waals surface area contributed by atoms with Gasteiger partial charge in [-0.1, -0.05) is 221 Å². The molecule has 0 unspecified atom stereocenters. The van der Waals surface area contributed by atoms with Gasteiger partial charge in [0.2, 0.25) is 0 Å². The van der Waals surface area contributed by atoms with Crippen LogP contribution in [0.25, 0.3) is 21.9 Å². The van der Waals surface area contributed by atoms with Crippen LogP contribution in [0.5, 0.6) is 0 Å². The van der Waals surface area contributed by atoms with Crippen molar-refractivity contribution in [1.82, 2.24) is 0 Å². The van der Waals surface area contributed by atoms with Crippen LogP contribution in [0.3, 0.4) is 0 Å². The summed E-state index contributed by atoms with van der Waals surface area (Å²) in [5.41, 5.74) is 29.0. The minimum atomic E-state index is -0.264. The lowest BCUT2D eigenvalue weighted by atomic mass is 9.33. The Hall–Kier alpha value is -7.76. The summed E-state index contributed by atoms with van der Waals surface area (Å²) in [6, 6.07) is 66.3. The maximum Gasteiger partial charge on any atom is 0.252 e. The number of hydrogen-bond donors (Lipinski definition) is 0. The zero-order valence-electron chi connectivity index (χ0n) is 53.7. The van der Waals surface area contributed by atoms with Gasteiger partial charge in [0, 0.05) is 61.4 Å². The second kappa shape index (κ2) is 18.1. The van der Waals surface area contributed by atoms with Gasteiger partial charge in [-0.15, -0.1) is 0 Å². The van der Waals surface area contributed by atoms with Crippen LogP contribution < -0.4 is 31.1 Å². The van der Waals surface area contributed by atoms with Crippen LogP contribution in [0.15, 0.2) is 174 Å². The van der Waals surface area contributed by atoms with E-state index in [4.69, 9.17) is 4.42 Å². The highest BCUT2D eigenvalue weighted by atomic mass is 16.3. The lowest BCUT2D eigenvalue weighted by Crippen LogP contribution is -2.62. The SMILES string of the molecule is Cc1cc2c(cc1N1c3ccc(C(C)(C)C)cc3B3c4cc5c(cc4N(c4cccc6c4oc4ccccc46)c4cc(N(c6ccc(C(C)(C)C)cc6)c6ccc(C(C)(C)C)cc6)cc1c43)C(C)(C)CC5(C)C)C(C)(C)c1ccccc1C2(C)C. The zero-order valence-corrected chi connectivity index (χ0v) is 53.7. The molecule has 4 aliphatic rings. The number of nitrogens with zero attached hydrogens (tertiary/aromatic N) is 3. The summed E-state index contributed by atoms with van der Waals surface area (Å²) in [4.78, 5) is 7.84. The van der Waals surface area contributed by atoms with Crippen LogP contribution in [0.1, 0.15) is 180 Å². The lowest BCUT2D eigenvalue weighted by molar-refractivity contribution is 0.403. The van der Waals surface area contributed by atoms with E-state index in [0.29, 0.717) is 0 Å². The predicted molar refractivity (Wildman–Crippen MR) is 365 cm³/mol. The number of para-hydroxylation sites is 2. The largest absolute Gasteiger partial charge is 0.454 e. The monoisotopic (exact) mass is 1110 g/mol. The quantitative estimate of drug-likeness (QED) is 0.160. The Morgan fingerprint density at radius 3 is 1.46 bits per heavy atom. The first-order valence-corrected chi connectivity index (χ1v) is 31.2. The lowest BCUT2D eigenvalue weighted by Gasteiger charge is -2.47.